The van der Waals surface area contributed by atoms with Crippen molar-refractivity contribution in [3.05, 3.63) is 119 Å². The summed E-state index contributed by atoms with van der Waals surface area (Å²) < 4.78 is 34.7. The molecule has 0 aliphatic carbocycles. The highest BCUT2D eigenvalue weighted by Gasteiger charge is 2.31. The van der Waals surface area contributed by atoms with Crippen LogP contribution in [0.3, 0.4) is 0 Å². The third-order valence-electron chi connectivity index (χ3n) is 6.04. The molecule has 0 fully saturated rings. The number of rotatable bonds is 2. The van der Waals surface area contributed by atoms with E-state index in [1.54, 1.807) is 31.2 Å². The van der Waals surface area contributed by atoms with E-state index in [-0.39, 0.29) is 5.43 Å². The van der Waals surface area contributed by atoms with Gasteiger partial charge in [-0.1, -0.05) is 18.2 Å². The van der Waals surface area contributed by atoms with Crippen LogP contribution in [0.2, 0.25) is 0 Å². The second kappa shape index (κ2) is 7.56. The monoisotopic (exact) mass is 452 g/mol. The van der Waals surface area contributed by atoms with Gasteiger partial charge in [0.05, 0.1) is 40.1 Å². The van der Waals surface area contributed by atoms with Crippen molar-refractivity contribution in [2.24, 2.45) is 0 Å². The molecule has 4 aromatic carbocycles. The summed E-state index contributed by atoms with van der Waals surface area (Å²) in [6.07, 6.45) is 1.44. The van der Waals surface area contributed by atoms with E-state index in [0.717, 1.165) is 5.69 Å². The zero-order valence-electron chi connectivity index (χ0n) is 18.1. The first-order valence-electron chi connectivity index (χ1n) is 10.8. The van der Waals surface area contributed by atoms with Crippen LogP contribution in [0.4, 0.5) is 42.9 Å². The summed E-state index contributed by atoms with van der Waals surface area (Å²) in [4.78, 5) is 16.3. The van der Waals surface area contributed by atoms with Gasteiger partial charge in [0.15, 0.2) is 5.43 Å². The number of hydrogen-bond acceptors (Lipinski definition) is 4. The van der Waals surface area contributed by atoms with Crippen molar-refractivity contribution in [1.82, 2.24) is 0 Å². The SMILES string of the molecule is Cc1coc2cc(N3c4ccc(F)cc4N(c4ccccc4)c4cc(F)ccc43)ccc2c1=O. The quantitative estimate of drug-likeness (QED) is 0.271. The second-order valence-electron chi connectivity index (χ2n) is 8.20. The van der Waals surface area contributed by atoms with Gasteiger partial charge in [0, 0.05) is 29.4 Å². The van der Waals surface area contributed by atoms with Crippen LogP contribution in [0.5, 0.6) is 0 Å². The average molecular weight is 452 g/mol. The fourth-order valence-electron chi connectivity index (χ4n) is 4.48. The van der Waals surface area contributed by atoms with E-state index in [9.17, 15) is 13.6 Å². The highest BCUT2D eigenvalue weighted by Crippen LogP contribution is 2.54. The predicted octanol–water partition coefficient (Wildman–Crippen LogP) is 7.63. The molecule has 6 heteroatoms. The van der Waals surface area contributed by atoms with Crippen molar-refractivity contribution in [3.8, 4) is 0 Å². The fourth-order valence-corrected chi connectivity index (χ4v) is 4.48. The zero-order chi connectivity index (χ0) is 23.4. The first kappa shape index (κ1) is 20.2. The summed E-state index contributed by atoms with van der Waals surface area (Å²) in [5.74, 6) is -0.807. The van der Waals surface area contributed by atoms with Gasteiger partial charge in [0.2, 0.25) is 0 Å². The van der Waals surface area contributed by atoms with Crippen molar-refractivity contribution in [2.75, 3.05) is 9.80 Å². The molecule has 2 heterocycles. The molecule has 0 N–H and O–H groups in total. The minimum absolute atomic E-state index is 0.0911. The maximum Gasteiger partial charge on any atom is 0.195 e. The average Bonchev–Trinajstić information content (AvgIpc) is 2.85. The largest absolute Gasteiger partial charge is 0.464 e. The molecular formula is C28H18F2N2O2. The molecule has 4 nitrogen and oxygen atoms in total. The normalized spacial score (nSPS) is 12.6. The number of aryl methyl sites for hydroxylation is 1. The molecule has 0 amide bonds. The smallest absolute Gasteiger partial charge is 0.195 e. The fraction of sp³-hybridized carbons (Fsp3) is 0.0357. The Bertz CT molecular complexity index is 1580. The summed E-state index contributed by atoms with van der Waals surface area (Å²) in [5, 5.41) is 0.477. The van der Waals surface area contributed by atoms with Crippen LogP contribution >= 0.6 is 0 Å². The molecule has 1 aromatic heterocycles. The molecule has 1 aliphatic rings. The Morgan fingerprint density at radius 3 is 1.94 bits per heavy atom. The van der Waals surface area contributed by atoms with Crippen LogP contribution in [0.25, 0.3) is 11.0 Å². The second-order valence-corrected chi connectivity index (χ2v) is 8.20. The number of nitrogens with zero attached hydrogens (tertiary/aromatic N) is 2. The zero-order valence-corrected chi connectivity index (χ0v) is 18.1. The first-order chi connectivity index (χ1) is 16.5. The lowest BCUT2D eigenvalue weighted by Crippen LogP contribution is -2.24. The van der Waals surface area contributed by atoms with Crippen LogP contribution in [-0.4, -0.2) is 0 Å². The van der Waals surface area contributed by atoms with E-state index >= 15 is 0 Å². The third-order valence-corrected chi connectivity index (χ3v) is 6.04. The molecule has 0 bridgehead atoms. The minimum Gasteiger partial charge on any atom is -0.464 e. The van der Waals surface area contributed by atoms with Crippen LogP contribution in [0.1, 0.15) is 5.56 Å². The Balaban J connectivity index is 1.64. The molecule has 34 heavy (non-hydrogen) atoms. The molecular weight excluding hydrogens is 434 g/mol. The maximum absolute atomic E-state index is 14.5. The molecule has 1 aliphatic heterocycles. The number of fused-ring (bicyclic) bond motifs is 3. The molecule has 5 aromatic rings. The Morgan fingerprint density at radius 1 is 0.676 bits per heavy atom. The van der Waals surface area contributed by atoms with Crippen molar-refractivity contribution in [2.45, 2.75) is 6.92 Å². The molecule has 0 atom stereocenters. The highest BCUT2D eigenvalue weighted by atomic mass is 19.1. The Kier molecular flexibility index (Phi) is 4.48. The van der Waals surface area contributed by atoms with E-state index < -0.39 is 11.6 Å². The van der Waals surface area contributed by atoms with Crippen molar-refractivity contribution in [3.63, 3.8) is 0 Å². The highest BCUT2D eigenvalue weighted by molar-refractivity contribution is 6.02. The lowest BCUT2D eigenvalue weighted by Gasteiger charge is -2.40. The van der Waals surface area contributed by atoms with Gasteiger partial charge >= 0.3 is 0 Å². The summed E-state index contributed by atoms with van der Waals surface area (Å²) in [6, 6.07) is 23.8. The Morgan fingerprint density at radius 2 is 1.29 bits per heavy atom. The summed E-state index contributed by atoms with van der Waals surface area (Å²) in [5.41, 5.74) is 4.89. The van der Waals surface area contributed by atoms with E-state index in [1.807, 2.05) is 46.2 Å². The lowest BCUT2D eigenvalue weighted by atomic mass is 10.0. The van der Waals surface area contributed by atoms with E-state index in [0.29, 0.717) is 45.0 Å². The van der Waals surface area contributed by atoms with Gasteiger partial charge in [-0.2, -0.15) is 0 Å². The third kappa shape index (κ3) is 3.07. The summed E-state index contributed by atoms with van der Waals surface area (Å²) in [6.45, 7) is 1.71. The van der Waals surface area contributed by atoms with E-state index in [4.69, 9.17) is 4.42 Å². The van der Waals surface area contributed by atoms with Crippen molar-refractivity contribution < 1.29 is 13.2 Å². The molecule has 0 saturated carbocycles. The molecule has 0 spiro atoms. The number of hydrogen-bond donors (Lipinski definition) is 0. The number of para-hydroxylation sites is 1. The van der Waals surface area contributed by atoms with Crippen LogP contribution < -0.4 is 15.2 Å². The molecule has 0 unspecified atom stereocenters. The number of halogens is 2. The Labute approximate surface area is 193 Å². The van der Waals surface area contributed by atoms with Gasteiger partial charge in [0.1, 0.15) is 17.2 Å². The van der Waals surface area contributed by atoms with Gasteiger partial charge in [-0.15, -0.1) is 0 Å². The van der Waals surface area contributed by atoms with Gasteiger partial charge < -0.3 is 14.2 Å². The van der Waals surface area contributed by atoms with Crippen LogP contribution in [-0.2, 0) is 0 Å². The standard InChI is InChI=1S/C28H18F2N2O2/c1-17-16-34-27-15-21(9-10-22(27)28(17)33)32-23-11-7-18(29)13-25(23)31(20-5-3-2-4-6-20)26-14-19(30)8-12-24(26)32/h2-16H,1H3. The van der Waals surface area contributed by atoms with Gasteiger partial charge in [-0.3, -0.25) is 4.79 Å². The molecule has 6 rings (SSSR count). The van der Waals surface area contributed by atoms with Crippen molar-refractivity contribution in [1.29, 1.82) is 0 Å². The summed E-state index contributed by atoms with van der Waals surface area (Å²) >= 11 is 0. The number of anilines is 6. The molecule has 166 valence electrons. The van der Waals surface area contributed by atoms with Gasteiger partial charge in [-0.25, -0.2) is 8.78 Å². The van der Waals surface area contributed by atoms with E-state index in [2.05, 4.69) is 0 Å². The van der Waals surface area contributed by atoms with Crippen molar-refractivity contribution >= 4 is 45.1 Å². The first-order valence-corrected chi connectivity index (χ1v) is 10.8. The topological polar surface area (TPSA) is 36.7 Å². The molecule has 0 radical (unpaired) electrons. The molecule has 0 saturated heterocycles. The lowest BCUT2D eigenvalue weighted by molar-refractivity contribution is 0.597. The summed E-state index contributed by atoms with van der Waals surface area (Å²) in [7, 11) is 0. The van der Waals surface area contributed by atoms with Crippen LogP contribution in [0.15, 0.2) is 100 Å². The number of benzene rings is 4. The van der Waals surface area contributed by atoms with Gasteiger partial charge in [-0.05, 0) is 55.5 Å². The van der Waals surface area contributed by atoms with Gasteiger partial charge in [0.25, 0.3) is 0 Å². The Hall–Kier alpha value is -4.45. The van der Waals surface area contributed by atoms with Crippen LogP contribution in [0, 0.1) is 18.6 Å². The predicted molar refractivity (Wildman–Crippen MR) is 130 cm³/mol. The maximum atomic E-state index is 14.5. The minimum atomic E-state index is -0.403. The van der Waals surface area contributed by atoms with E-state index in [1.165, 1.54) is 30.5 Å².